The lowest BCUT2D eigenvalue weighted by Gasteiger charge is -2.18. The van der Waals surface area contributed by atoms with Crippen LogP contribution in [-0.2, 0) is 11.2 Å². The van der Waals surface area contributed by atoms with E-state index in [9.17, 15) is 4.79 Å². The van der Waals surface area contributed by atoms with Crippen LogP contribution in [0.2, 0.25) is 0 Å². The number of nitrogens with one attached hydrogen (secondary N) is 1. The maximum absolute atomic E-state index is 11.8. The lowest BCUT2D eigenvalue weighted by atomic mass is 9.88. The van der Waals surface area contributed by atoms with Gasteiger partial charge in [0.15, 0.2) is 0 Å². The van der Waals surface area contributed by atoms with Gasteiger partial charge in [0.25, 0.3) is 0 Å². The van der Waals surface area contributed by atoms with Gasteiger partial charge in [-0.3, -0.25) is 4.79 Å². The van der Waals surface area contributed by atoms with Gasteiger partial charge in [0.2, 0.25) is 5.91 Å². The largest absolute Gasteiger partial charge is 0.355 e. The van der Waals surface area contributed by atoms with Crippen LogP contribution in [0.15, 0.2) is 30.3 Å². The SMILES string of the molecule is CCC(C)(C#N)C(=O)NCCCc1ccccc1. The van der Waals surface area contributed by atoms with Gasteiger partial charge in [0, 0.05) is 6.54 Å². The van der Waals surface area contributed by atoms with Gasteiger partial charge in [-0.05, 0) is 31.7 Å². The van der Waals surface area contributed by atoms with Gasteiger partial charge >= 0.3 is 0 Å². The molecule has 0 spiro atoms. The van der Waals surface area contributed by atoms with Gasteiger partial charge in [-0.15, -0.1) is 0 Å². The number of aryl methyl sites for hydroxylation is 1. The molecule has 0 saturated carbocycles. The Labute approximate surface area is 109 Å². The summed E-state index contributed by atoms with van der Waals surface area (Å²) in [5.74, 6) is -0.166. The Hall–Kier alpha value is -1.82. The molecule has 1 rings (SSSR count). The van der Waals surface area contributed by atoms with Gasteiger partial charge in [-0.1, -0.05) is 37.3 Å². The molecule has 1 N–H and O–H groups in total. The summed E-state index contributed by atoms with van der Waals surface area (Å²) < 4.78 is 0. The average molecular weight is 244 g/mol. The summed E-state index contributed by atoms with van der Waals surface area (Å²) in [7, 11) is 0. The zero-order chi connectivity index (χ0) is 13.4. The summed E-state index contributed by atoms with van der Waals surface area (Å²) in [5.41, 5.74) is 0.373. The summed E-state index contributed by atoms with van der Waals surface area (Å²) in [6.07, 6.45) is 2.37. The Balaban J connectivity index is 2.31. The fraction of sp³-hybridized carbons (Fsp3) is 0.467. The molecule has 0 aromatic heterocycles. The highest BCUT2D eigenvalue weighted by Crippen LogP contribution is 2.19. The highest BCUT2D eigenvalue weighted by Gasteiger charge is 2.30. The van der Waals surface area contributed by atoms with Crippen molar-refractivity contribution >= 4 is 5.91 Å². The minimum Gasteiger partial charge on any atom is -0.355 e. The molecule has 1 aromatic carbocycles. The third-order valence-corrected chi connectivity index (χ3v) is 3.23. The molecule has 0 saturated heterocycles. The zero-order valence-electron chi connectivity index (χ0n) is 11.1. The molecular formula is C15H20N2O. The Kier molecular flexibility index (Phi) is 5.38. The molecule has 1 aromatic rings. The van der Waals surface area contributed by atoms with E-state index in [1.165, 1.54) is 5.56 Å². The van der Waals surface area contributed by atoms with Crippen molar-refractivity contribution in [1.82, 2.24) is 5.32 Å². The van der Waals surface area contributed by atoms with Crippen LogP contribution < -0.4 is 5.32 Å². The van der Waals surface area contributed by atoms with Crippen molar-refractivity contribution in [2.45, 2.75) is 33.1 Å². The van der Waals surface area contributed by atoms with Crippen molar-refractivity contribution in [3.63, 3.8) is 0 Å². The minimum atomic E-state index is -0.896. The maximum Gasteiger partial charge on any atom is 0.240 e. The van der Waals surface area contributed by atoms with Gasteiger partial charge in [0.1, 0.15) is 5.41 Å². The predicted octanol–water partition coefficient (Wildman–Crippen LogP) is 2.68. The van der Waals surface area contributed by atoms with E-state index >= 15 is 0 Å². The van der Waals surface area contributed by atoms with Crippen LogP contribution in [-0.4, -0.2) is 12.5 Å². The van der Waals surface area contributed by atoms with E-state index in [4.69, 9.17) is 5.26 Å². The highest BCUT2D eigenvalue weighted by molar-refractivity contribution is 5.84. The number of carbonyl (C=O) groups is 1. The Bertz CT molecular complexity index is 422. The zero-order valence-corrected chi connectivity index (χ0v) is 11.1. The van der Waals surface area contributed by atoms with E-state index in [0.29, 0.717) is 13.0 Å². The second-order valence-electron chi connectivity index (χ2n) is 4.64. The molecule has 0 heterocycles. The van der Waals surface area contributed by atoms with Crippen molar-refractivity contribution in [3.05, 3.63) is 35.9 Å². The maximum atomic E-state index is 11.8. The molecule has 96 valence electrons. The van der Waals surface area contributed by atoms with Gasteiger partial charge in [0.05, 0.1) is 6.07 Å². The molecule has 18 heavy (non-hydrogen) atoms. The number of carbonyl (C=O) groups excluding carboxylic acids is 1. The van der Waals surface area contributed by atoms with Crippen molar-refractivity contribution in [3.8, 4) is 6.07 Å². The first kappa shape index (κ1) is 14.2. The van der Waals surface area contributed by atoms with Crippen molar-refractivity contribution in [2.75, 3.05) is 6.54 Å². The van der Waals surface area contributed by atoms with E-state index in [1.54, 1.807) is 6.92 Å². The predicted molar refractivity (Wildman–Crippen MR) is 71.8 cm³/mol. The molecule has 0 fully saturated rings. The minimum absolute atomic E-state index is 0.166. The normalized spacial score (nSPS) is 13.4. The third kappa shape index (κ3) is 3.89. The van der Waals surface area contributed by atoms with Crippen LogP contribution in [0.3, 0.4) is 0 Å². The first-order valence-corrected chi connectivity index (χ1v) is 6.36. The summed E-state index contributed by atoms with van der Waals surface area (Å²) in [5, 5.41) is 11.8. The second-order valence-corrected chi connectivity index (χ2v) is 4.64. The smallest absolute Gasteiger partial charge is 0.240 e. The van der Waals surface area contributed by atoms with Crippen LogP contribution in [0.4, 0.5) is 0 Å². The standard InChI is InChI=1S/C15H20N2O/c1-3-15(2,12-16)14(18)17-11-7-10-13-8-5-4-6-9-13/h4-6,8-9H,3,7,10-11H2,1-2H3,(H,17,18). The number of hydrogen-bond donors (Lipinski definition) is 1. The molecule has 0 radical (unpaired) electrons. The van der Waals surface area contributed by atoms with Crippen molar-refractivity contribution in [2.24, 2.45) is 5.41 Å². The molecule has 0 bridgehead atoms. The van der Waals surface area contributed by atoms with Crippen LogP contribution >= 0.6 is 0 Å². The van der Waals surface area contributed by atoms with Gasteiger partial charge in [-0.25, -0.2) is 0 Å². The molecule has 3 nitrogen and oxygen atoms in total. The van der Waals surface area contributed by atoms with Gasteiger partial charge in [-0.2, -0.15) is 5.26 Å². The van der Waals surface area contributed by atoms with E-state index in [1.807, 2.05) is 25.1 Å². The molecule has 0 aliphatic carbocycles. The summed E-state index contributed by atoms with van der Waals surface area (Å²) in [6.45, 7) is 4.15. The molecule has 1 amide bonds. The summed E-state index contributed by atoms with van der Waals surface area (Å²) in [6, 6.07) is 12.2. The Morgan fingerprint density at radius 3 is 2.61 bits per heavy atom. The van der Waals surface area contributed by atoms with E-state index < -0.39 is 5.41 Å². The van der Waals surface area contributed by atoms with Crippen LogP contribution in [0, 0.1) is 16.7 Å². The Morgan fingerprint density at radius 1 is 1.39 bits per heavy atom. The quantitative estimate of drug-likeness (QED) is 0.782. The van der Waals surface area contributed by atoms with Crippen LogP contribution in [0.25, 0.3) is 0 Å². The first-order valence-electron chi connectivity index (χ1n) is 6.36. The number of benzene rings is 1. The van der Waals surface area contributed by atoms with Crippen molar-refractivity contribution < 1.29 is 4.79 Å². The third-order valence-electron chi connectivity index (χ3n) is 3.23. The number of nitriles is 1. The lowest BCUT2D eigenvalue weighted by Crippen LogP contribution is -2.38. The van der Waals surface area contributed by atoms with E-state index in [2.05, 4.69) is 23.5 Å². The molecule has 1 atom stereocenters. The topological polar surface area (TPSA) is 52.9 Å². The lowest BCUT2D eigenvalue weighted by molar-refractivity contribution is -0.127. The monoisotopic (exact) mass is 244 g/mol. The highest BCUT2D eigenvalue weighted by atomic mass is 16.2. The summed E-state index contributed by atoms with van der Waals surface area (Å²) >= 11 is 0. The fourth-order valence-corrected chi connectivity index (χ4v) is 1.62. The van der Waals surface area contributed by atoms with Gasteiger partial charge < -0.3 is 5.32 Å². The molecular weight excluding hydrogens is 224 g/mol. The fourth-order valence-electron chi connectivity index (χ4n) is 1.62. The van der Waals surface area contributed by atoms with Crippen LogP contribution in [0.5, 0.6) is 0 Å². The number of rotatable bonds is 6. The molecule has 1 unspecified atom stereocenters. The number of hydrogen-bond acceptors (Lipinski definition) is 2. The molecule has 0 aliphatic heterocycles. The van der Waals surface area contributed by atoms with Crippen LogP contribution in [0.1, 0.15) is 32.3 Å². The number of amides is 1. The first-order chi connectivity index (χ1) is 8.62. The molecule has 3 heteroatoms. The van der Waals surface area contributed by atoms with E-state index in [-0.39, 0.29) is 5.91 Å². The molecule has 0 aliphatic rings. The number of nitrogens with zero attached hydrogens (tertiary/aromatic N) is 1. The summed E-state index contributed by atoms with van der Waals surface area (Å²) in [4.78, 5) is 11.8. The Morgan fingerprint density at radius 2 is 2.06 bits per heavy atom. The second kappa shape index (κ2) is 6.80. The van der Waals surface area contributed by atoms with Crippen molar-refractivity contribution in [1.29, 1.82) is 5.26 Å². The van der Waals surface area contributed by atoms with E-state index in [0.717, 1.165) is 12.8 Å². The average Bonchev–Trinajstić information content (AvgIpc) is 2.43.